The van der Waals surface area contributed by atoms with E-state index in [1.807, 2.05) is 0 Å². The number of thioether (sulfide) groups is 1. The Labute approximate surface area is 120 Å². The lowest BCUT2D eigenvalue weighted by molar-refractivity contribution is -0.117. The molecule has 0 radical (unpaired) electrons. The lowest BCUT2D eigenvalue weighted by Crippen LogP contribution is -2.34. The number of ether oxygens (including phenoxy) is 1. The van der Waals surface area contributed by atoms with E-state index in [0.717, 1.165) is 30.2 Å². The molecule has 1 aromatic rings. The predicted molar refractivity (Wildman–Crippen MR) is 71.3 cm³/mol. The van der Waals surface area contributed by atoms with Crippen molar-refractivity contribution in [2.75, 3.05) is 31.0 Å². The van der Waals surface area contributed by atoms with Crippen LogP contribution < -0.4 is 11.1 Å². The van der Waals surface area contributed by atoms with E-state index >= 15 is 0 Å². The maximum atomic E-state index is 12.9. The van der Waals surface area contributed by atoms with Crippen LogP contribution in [0.4, 0.5) is 28.3 Å². The van der Waals surface area contributed by atoms with E-state index < -0.39 is 24.9 Å². The normalized spacial score (nSPS) is 11.8. The lowest BCUT2D eigenvalue weighted by atomic mass is 10.3. The maximum Gasteiger partial charge on any atom is 0.350 e. The lowest BCUT2D eigenvalue weighted by Gasteiger charge is -2.16. The van der Waals surface area contributed by atoms with Crippen molar-refractivity contribution in [3.8, 4) is 0 Å². The van der Waals surface area contributed by atoms with Crippen molar-refractivity contribution in [1.29, 1.82) is 0 Å². The number of hydrogen-bond donors (Lipinski definition) is 2. The molecular weight excluding hydrogens is 320 g/mol. The Hall–Kier alpha value is -1.16. The minimum absolute atomic E-state index is 0.0414. The van der Waals surface area contributed by atoms with Gasteiger partial charge in [-0.3, -0.25) is 0 Å². The van der Waals surface area contributed by atoms with Gasteiger partial charge in [-0.2, -0.15) is 8.78 Å². The number of alkyl halides is 4. The van der Waals surface area contributed by atoms with Crippen LogP contribution in [0.5, 0.6) is 0 Å². The minimum Gasteiger partial charge on any atom is -0.465 e. The van der Waals surface area contributed by atoms with Gasteiger partial charge in [-0.15, -0.1) is 23.1 Å². The Morgan fingerprint density at radius 3 is 2.60 bits per heavy atom. The molecule has 0 spiro atoms. The van der Waals surface area contributed by atoms with Crippen molar-refractivity contribution in [1.82, 2.24) is 0 Å². The van der Waals surface area contributed by atoms with E-state index in [2.05, 4.69) is 10.1 Å². The Bertz CT molecular complexity index is 494. The number of hydrogen-bond acceptors (Lipinski definition) is 6. The molecule has 0 amide bonds. The summed E-state index contributed by atoms with van der Waals surface area (Å²) in [5.74, 6) is -4.88. The van der Waals surface area contributed by atoms with Crippen molar-refractivity contribution in [3.05, 3.63) is 4.88 Å². The van der Waals surface area contributed by atoms with E-state index in [9.17, 15) is 22.4 Å². The molecule has 0 aliphatic rings. The summed E-state index contributed by atoms with van der Waals surface area (Å²) in [5.41, 5.74) is 5.78. The standard InChI is InChI=1S/C10H12F4N2O2S2/c1-18-8(17)6-4(15)5(19-2)7(20-6)16-3-10(13,14)9(11)12/h9,16H,3,15H2,1-2H3. The molecule has 0 unspecified atom stereocenters. The number of carbonyl (C=O) groups excluding carboxylic acids is 1. The average Bonchev–Trinajstić information content (AvgIpc) is 2.71. The largest absolute Gasteiger partial charge is 0.465 e. The summed E-state index contributed by atoms with van der Waals surface area (Å²) in [4.78, 5) is 11.8. The summed E-state index contributed by atoms with van der Waals surface area (Å²) in [6, 6.07) is 0. The highest BCUT2D eigenvalue weighted by Gasteiger charge is 2.40. The first-order chi connectivity index (χ1) is 9.24. The fourth-order valence-corrected chi connectivity index (χ4v) is 3.22. The van der Waals surface area contributed by atoms with Crippen LogP contribution in [0.15, 0.2) is 4.90 Å². The zero-order chi connectivity index (χ0) is 15.5. The van der Waals surface area contributed by atoms with Gasteiger partial charge in [0.15, 0.2) is 0 Å². The number of nitrogens with two attached hydrogens (primary N) is 1. The second-order valence-corrected chi connectivity index (χ2v) is 5.45. The monoisotopic (exact) mass is 332 g/mol. The van der Waals surface area contributed by atoms with Gasteiger partial charge >= 0.3 is 18.3 Å². The first kappa shape index (κ1) is 16.9. The van der Waals surface area contributed by atoms with Gasteiger partial charge in [-0.1, -0.05) is 0 Å². The van der Waals surface area contributed by atoms with Crippen molar-refractivity contribution >= 4 is 39.8 Å². The maximum absolute atomic E-state index is 12.9. The summed E-state index contributed by atoms with van der Waals surface area (Å²) in [6.07, 6.45) is -2.15. The Morgan fingerprint density at radius 2 is 2.15 bits per heavy atom. The van der Waals surface area contributed by atoms with Crippen molar-refractivity contribution < 1.29 is 27.1 Å². The minimum atomic E-state index is -4.17. The molecule has 114 valence electrons. The summed E-state index contributed by atoms with van der Waals surface area (Å²) < 4.78 is 54.4. The number of nitrogen functional groups attached to an aromatic ring is 1. The fraction of sp³-hybridized carbons (Fsp3) is 0.500. The molecule has 0 bridgehead atoms. The van der Waals surface area contributed by atoms with Crippen LogP contribution in [-0.2, 0) is 4.74 Å². The van der Waals surface area contributed by atoms with E-state index in [-0.39, 0.29) is 15.6 Å². The number of nitrogens with one attached hydrogen (secondary N) is 1. The molecule has 20 heavy (non-hydrogen) atoms. The number of anilines is 2. The van der Waals surface area contributed by atoms with Crippen LogP contribution in [0.3, 0.4) is 0 Å². The number of methoxy groups -OCH3 is 1. The smallest absolute Gasteiger partial charge is 0.350 e. The molecule has 4 nitrogen and oxygen atoms in total. The zero-order valence-corrected chi connectivity index (χ0v) is 12.1. The molecule has 0 atom stereocenters. The summed E-state index contributed by atoms with van der Waals surface area (Å²) >= 11 is 1.90. The molecule has 1 heterocycles. The first-order valence-corrected chi connectivity index (χ1v) is 7.23. The van der Waals surface area contributed by atoms with Crippen LogP contribution in [0, 0.1) is 0 Å². The molecule has 3 N–H and O–H groups in total. The highest BCUT2D eigenvalue weighted by molar-refractivity contribution is 7.99. The molecule has 0 saturated heterocycles. The van der Waals surface area contributed by atoms with Gasteiger partial charge in [0.1, 0.15) is 9.88 Å². The van der Waals surface area contributed by atoms with Crippen LogP contribution in [-0.4, -0.2) is 38.2 Å². The molecule has 0 aliphatic heterocycles. The highest BCUT2D eigenvalue weighted by atomic mass is 32.2. The molecule has 0 aliphatic carbocycles. The van der Waals surface area contributed by atoms with Gasteiger partial charge in [0.25, 0.3) is 0 Å². The van der Waals surface area contributed by atoms with Gasteiger partial charge in [0.05, 0.1) is 24.2 Å². The Morgan fingerprint density at radius 1 is 1.55 bits per heavy atom. The molecule has 0 fully saturated rings. The van der Waals surface area contributed by atoms with Crippen LogP contribution in [0.2, 0.25) is 0 Å². The van der Waals surface area contributed by atoms with Crippen LogP contribution in [0.25, 0.3) is 0 Å². The van der Waals surface area contributed by atoms with E-state index in [0.29, 0.717) is 4.90 Å². The van der Waals surface area contributed by atoms with Gasteiger partial charge in [-0.25, -0.2) is 13.6 Å². The third kappa shape index (κ3) is 3.48. The third-order valence-corrected chi connectivity index (χ3v) is 4.38. The third-order valence-electron chi connectivity index (χ3n) is 2.28. The summed E-state index contributed by atoms with van der Waals surface area (Å²) in [6.45, 7) is -1.25. The highest BCUT2D eigenvalue weighted by Crippen LogP contribution is 2.42. The number of rotatable bonds is 6. The molecule has 10 heteroatoms. The second-order valence-electron chi connectivity index (χ2n) is 3.61. The number of esters is 1. The molecule has 1 rings (SSSR count). The predicted octanol–water partition coefficient (Wildman–Crippen LogP) is 3.15. The van der Waals surface area contributed by atoms with Gasteiger partial charge in [-0.05, 0) is 6.26 Å². The quantitative estimate of drug-likeness (QED) is 0.476. The average molecular weight is 332 g/mol. The summed E-state index contributed by atoms with van der Waals surface area (Å²) in [7, 11) is 1.15. The Kier molecular flexibility index (Phi) is 5.51. The SMILES string of the molecule is COC(=O)c1sc(NCC(F)(F)C(F)F)c(SC)c1N. The van der Waals surface area contributed by atoms with Crippen LogP contribution >= 0.6 is 23.1 Å². The number of thiophene rings is 1. The first-order valence-electron chi connectivity index (χ1n) is 5.19. The van der Waals surface area contributed by atoms with Gasteiger partial charge in [0.2, 0.25) is 0 Å². The van der Waals surface area contributed by atoms with Gasteiger partial charge < -0.3 is 15.8 Å². The van der Waals surface area contributed by atoms with Gasteiger partial charge in [0, 0.05) is 0 Å². The number of halogens is 4. The van der Waals surface area contributed by atoms with E-state index in [1.54, 1.807) is 6.26 Å². The van der Waals surface area contributed by atoms with Crippen LogP contribution in [0.1, 0.15) is 9.67 Å². The molecular formula is C10H12F4N2O2S2. The molecule has 0 aromatic carbocycles. The Balaban J connectivity index is 2.98. The topological polar surface area (TPSA) is 64.3 Å². The number of carbonyl (C=O) groups is 1. The van der Waals surface area contributed by atoms with Crippen molar-refractivity contribution in [2.45, 2.75) is 17.2 Å². The second kappa shape index (κ2) is 6.53. The van der Waals surface area contributed by atoms with Crippen molar-refractivity contribution in [3.63, 3.8) is 0 Å². The summed E-state index contributed by atoms with van der Waals surface area (Å²) in [5, 5.41) is 2.34. The van der Waals surface area contributed by atoms with E-state index in [4.69, 9.17) is 5.73 Å². The van der Waals surface area contributed by atoms with E-state index in [1.165, 1.54) is 0 Å². The molecule has 1 aromatic heterocycles. The zero-order valence-electron chi connectivity index (χ0n) is 10.5. The molecule has 0 saturated carbocycles. The fourth-order valence-electron chi connectivity index (χ4n) is 1.27. The van der Waals surface area contributed by atoms with Crippen molar-refractivity contribution in [2.24, 2.45) is 0 Å².